The van der Waals surface area contributed by atoms with Gasteiger partial charge in [-0.1, -0.05) is 36.4 Å². The fraction of sp³-hybridized carbons (Fsp3) is 0.208. The molecule has 30 heavy (non-hydrogen) atoms. The summed E-state index contributed by atoms with van der Waals surface area (Å²) < 4.78 is 11.7. The molecule has 0 spiro atoms. The molecule has 0 amide bonds. The molecular formula is C24H24ClN3O2. The van der Waals surface area contributed by atoms with Crippen LogP contribution < -0.4 is 20.5 Å². The Morgan fingerprint density at radius 3 is 2.33 bits per heavy atom. The van der Waals surface area contributed by atoms with Crippen molar-refractivity contribution in [3.8, 4) is 17.6 Å². The molecule has 0 aliphatic heterocycles. The predicted octanol–water partition coefficient (Wildman–Crippen LogP) is 5.04. The number of hydrogen-bond acceptors (Lipinski definition) is 5. The van der Waals surface area contributed by atoms with Gasteiger partial charge in [0.05, 0.1) is 30.7 Å². The Balaban J connectivity index is 1.80. The van der Waals surface area contributed by atoms with Gasteiger partial charge in [0.15, 0.2) is 11.5 Å². The minimum atomic E-state index is -0.283. The second kappa shape index (κ2) is 10.5. The molecule has 0 saturated heterocycles. The standard InChI is InChI=1S/C24H24ClN3O2/c1-29-23-13-19(21(16-27)28-20-10-7-17(15-26)8-11-20)9-12-22(23)30-24(14-25)18-5-3-2-4-6-18/h2-13,21,24,28H,14,16,27H2,1H3. The Hall–Kier alpha value is -3.20. The number of hydrogen-bond donors (Lipinski definition) is 2. The van der Waals surface area contributed by atoms with Crippen molar-refractivity contribution in [2.45, 2.75) is 12.1 Å². The SMILES string of the molecule is COc1cc(C(CN)Nc2ccc(C#N)cc2)ccc1OC(CCl)c1ccccc1. The second-order valence-corrected chi connectivity index (χ2v) is 7.01. The molecular weight excluding hydrogens is 398 g/mol. The van der Waals surface area contributed by atoms with E-state index in [2.05, 4.69) is 11.4 Å². The number of methoxy groups -OCH3 is 1. The van der Waals surface area contributed by atoms with Crippen LogP contribution in [0.4, 0.5) is 5.69 Å². The molecule has 0 aliphatic carbocycles. The summed E-state index contributed by atoms with van der Waals surface area (Å²) in [7, 11) is 1.61. The van der Waals surface area contributed by atoms with Crippen LogP contribution in [0.25, 0.3) is 0 Å². The molecule has 0 heterocycles. The van der Waals surface area contributed by atoms with Crippen molar-refractivity contribution in [3.05, 3.63) is 89.5 Å². The maximum absolute atomic E-state index is 8.95. The molecule has 2 unspecified atom stereocenters. The first-order valence-corrected chi connectivity index (χ1v) is 10.1. The van der Waals surface area contributed by atoms with Crippen LogP contribution in [0, 0.1) is 11.3 Å². The van der Waals surface area contributed by atoms with Gasteiger partial charge in [0, 0.05) is 12.2 Å². The third-order valence-corrected chi connectivity index (χ3v) is 5.04. The Kier molecular flexibility index (Phi) is 7.56. The second-order valence-electron chi connectivity index (χ2n) is 6.70. The predicted molar refractivity (Wildman–Crippen MR) is 120 cm³/mol. The van der Waals surface area contributed by atoms with E-state index in [1.165, 1.54) is 0 Å². The average Bonchev–Trinajstić information content (AvgIpc) is 2.82. The lowest BCUT2D eigenvalue weighted by atomic mass is 10.1. The first-order chi connectivity index (χ1) is 14.7. The molecule has 3 N–H and O–H groups in total. The molecule has 0 aromatic heterocycles. The summed E-state index contributed by atoms with van der Waals surface area (Å²) in [6.07, 6.45) is -0.283. The zero-order chi connectivity index (χ0) is 21.3. The van der Waals surface area contributed by atoms with E-state index in [-0.39, 0.29) is 12.1 Å². The summed E-state index contributed by atoms with van der Waals surface area (Å²) in [6.45, 7) is 0.387. The summed E-state index contributed by atoms with van der Waals surface area (Å²) in [6, 6.07) is 24.8. The number of halogens is 1. The molecule has 2 atom stereocenters. The zero-order valence-electron chi connectivity index (χ0n) is 16.7. The Morgan fingerprint density at radius 1 is 1.00 bits per heavy atom. The largest absolute Gasteiger partial charge is 0.493 e. The van der Waals surface area contributed by atoms with E-state index in [9.17, 15) is 0 Å². The third kappa shape index (κ3) is 5.24. The normalized spacial score (nSPS) is 12.5. The van der Waals surface area contributed by atoms with E-state index in [1.54, 1.807) is 19.2 Å². The van der Waals surface area contributed by atoms with Gasteiger partial charge in [-0.3, -0.25) is 0 Å². The average molecular weight is 422 g/mol. The summed E-state index contributed by atoms with van der Waals surface area (Å²) in [4.78, 5) is 0. The molecule has 3 rings (SSSR count). The van der Waals surface area contributed by atoms with Gasteiger partial charge in [-0.05, 0) is 47.5 Å². The number of ether oxygens (including phenoxy) is 2. The summed E-state index contributed by atoms with van der Waals surface area (Å²) in [5, 5.41) is 12.3. The fourth-order valence-corrected chi connectivity index (χ4v) is 3.37. The summed E-state index contributed by atoms with van der Waals surface area (Å²) >= 11 is 6.15. The zero-order valence-corrected chi connectivity index (χ0v) is 17.5. The van der Waals surface area contributed by atoms with E-state index < -0.39 is 0 Å². The van der Waals surface area contributed by atoms with Gasteiger partial charge in [0.25, 0.3) is 0 Å². The highest BCUT2D eigenvalue weighted by atomic mass is 35.5. The molecule has 3 aromatic carbocycles. The van der Waals surface area contributed by atoms with Gasteiger partial charge in [0.1, 0.15) is 6.10 Å². The van der Waals surface area contributed by atoms with Crippen molar-refractivity contribution in [1.29, 1.82) is 5.26 Å². The van der Waals surface area contributed by atoms with Crippen molar-refractivity contribution >= 4 is 17.3 Å². The van der Waals surface area contributed by atoms with Gasteiger partial charge < -0.3 is 20.5 Å². The van der Waals surface area contributed by atoms with Crippen LogP contribution in [0.3, 0.4) is 0 Å². The van der Waals surface area contributed by atoms with E-state index in [0.29, 0.717) is 29.5 Å². The number of nitrogens with zero attached hydrogens (tertiary/aromatic N) is 1. The van der Waals surface area contributed by atoms with Crippen LogP contribution in [0.1, 0.15) is 28.8 Å². The number of rotatable bonds is 9. The number of benzene rings is 3. The minimum Gasteiger partial charge on any atom is -0.493 e. The van der Waals surface area contributed by atoms with Crippen LogP contribution in [0.2, 0.25) is 0 Å². The minimum absolute atomic E-state index is 0.126. The smallest absolute Gasteiger partial charge is 0.162 e. The lowest BCUT2D eigenvalue weighted by Gasteiger charge is -2.22. The lowest BCUT2D eigenvalue weighted by molar-refractivity contribution is 0.219. The Bertz CT molecular complexity index is 988. The third-order valence-electron chi connectivity index (χ3n) is 4.76. The number of nitrogens with two attached hydrogens (primary N) is 1. The van der Waals surface area contributed by atoms with Crippen LogP contribution >= 0.6 is 11.6 Å². The highest BCUT2D eigenvalue weighted by molar-refractivity contribution is 6.18. The molecule has 6 heteroatoms. The topological polar surface area (TPSA) is 80.3 Å². The van der Waals surface area contributed by atoms with Crippen LogP contribution in [0.15, 0.2) is 72.8 Å². The first-order valence-electron chi connectivity index (χ1n) is 9.60. The van der Waals surface area contributed by atoms with Crippen LogP contribution in [0.5, 0.6) is 11.5 Å². The van der Waals surface area contributed by atoms with Gasteiger partial charge in [-0.2, -0.15) is 5.26 Å². The van der Waals surface area contributed by atoms with Crippen LogP contribution in [-0.2, 0) is 0 Å². The van der Waals surface area contributed by atoms with Crippen LogP contribution in [-0.4, -0.2) is 19.5 Å². The monoisotopic (exact) mass is 421 g/mol. The molecule has 0 saturated carbocycles. The molecule has 0 bridgehead atoms. The highest BCUT2D eigenvalue weighted by Gasteiger charge is 2.17. The Labute approximate surface area is 182 Å². The molecule has 3 aromatic rings. The van der Waals surface area contributed by atoms with Crippen molar-refractivity contribution in [3.63, 3.8) is 0 Å². The molecule has 0 fully saturated rings. The maximum atomic E-state index is 8.95. The quantitative estimate of drug-likeness (QED) is 0.473. The van der Waals surface area contributed by atoms with E-state index in [0.717, 1.165) is 16.8 Å². The van der Waals surface area contributed by atoms with Crippen molar-refractivity contribution in [1.82, 2.24) is 0 Å². The highest BCUT2D eigenvalue weighted by Crippen LogP contribution is 2.34. The maximum Gasteiger partial charge on any atom is 0.162 e. The van der Waals surface area contributed by atoms with Gasteiger partial charge in [-0.15, -0.1) is 11.6 Å². The Morgan fingerprint density at radius 2 is 1.73 bits per heavy atom. The van der Waals surface area contributed by atoms with Crippen molar-refractivity contribution in [2.75, 3.05) is 24.9 Å². The van der Waals surface area contributed by atoms with Gasteiger partial charge in [-0.25, -0.2) is 0 Å². The van der Waals surface area contributed by atoms with E-state index in [1.807, 2.05) is 60.7 Å². The summed E-state index contributed by atoms with van der Waals surface area (Å²) in [5.41, 5.74) is 9.47. The van der Waals surface area contributed by atoms with Gasteiger partial charge >= 0.3 is 0 Å². The molecule has 0 aliphatic rings. The number of anilines is 1. The van der Waals surface area contributed by atoms with Crippen molar-refractivity contribution in [2.24, 2.45) is 5.73 Å². The van der Waals surface area contributed by atoms with E-state index in [4.69, 9.17) is 32.1 Å². The fourth-order valence-electron chi connectivity index (χ4n) is 3.13. The molecule has 0 radical (unpaired) electrons. The number of nitriles is 1. The molecule has 5 nitrogen and oxygen atoms in total. The van der Waals surface area contributed by atoms with Gasteiger partial charge in [0.2, 0.25) is 0 Å². The lowest BCUT2D eigenvalue weighted by Crippen LogP contribution is -2.20. The van der Waals surface area contributed by atoms with E-state index >= 15 is 0 Å². The number of nitrogens with one attached hydrogen (secondary N) is 1. The first kappa shape index (κ1) is 21.5. The number of alkyl halides is 1. The van der Waals surface area contributed by atoms with Crippen molar-refractivity contribution < 1.29 is 9.47 Å². The summed E-state index contributed by atoms with van der Waals surface area (Å²) in [5.74, 6) is 1.55. The molecule has 154 valence electrons.